The zero-order chi connectivity index (χ0) is 14.3. The number of aromatic hydroxyl groups is 1. The minimum Gasteiger partial charge on any atom is -0.504 e. The zero-order valence-electron chi connectivity index (χ0n) is 10.9. The fraction of sp³-hybridized carbons (Fsp3) is 0.286. The predicted octanol–water partition coefficient (Wildman–Crippen LogP) is 2.18. The first-order chi connectivity index (χ1) is 9.13. The topological polar surface area (TPSA) is 72.8 Å². The molecular formula is C14H16O5. The molecule has 1 N–H and O–H groups in total. The highest BCUT2D eigenvalue weighted by atomic mass is 16.5. The summed E-state index contributed by atoms with van der Waals surface area (Å²) in [6.07, 6.45) is 3.73. The van der Waals surface area contributed by atoms with Gasteiger partial charge in [0.2, 0.25) is 0 Å². The summed E-state index contributed by atoms with van der Waals surface area (Å²) in [5, 5.41) is 9.92. The summed E-state index contributed by atoms with van der Waals surface area (Å²) in [7, 11) is 1.42. The summed E-state index contributed by atoms with van der Waals surface area (Å²) >= 11 is 0. The molecule has 0 aliphatic rings. The molecule has 1 rings (SSSR count). The van der Waals surface area contributed by atoms with Gasteiger partial charge in [-0.05, 0) is 19.1 Å². The summed E-state index contributed by atoms with van der Waals surface area (Å²) in [5.41, 5.74) is 0.636. The van der Waals surface area contributed by atoms with Gasteiger partial charge in [-0.3, -0.25) is 9.59 Å². The highest BCUT2D eigenvalue weighted by molar-refractivity contribution is 5.85. The van der Waals surface area contributed by atoms with E-state index in [4.69, 9.17) is 9.47 Å². The fourth-order valence-corrected chi connectivity index (χ4v) is 1.54. The Kier molecular flexibility index (Phi) is 5.60. The average molecular weight is 264 g/mol. The molecule has 0 spiro atoms. The Labute approximate surface area is 111 Å². The number of benzene rings is 1. The van der Waals surface area contributed by atoms with Crippen molar-refractivity contribution in [2.24, 2.45) is 0 Å². The van der Waals surface area contributed by atoms with E-state index in [1.54, 1.807) is 6.92 Å². The van der Waals surface area contributed by atoms with Gasteiger partial charge in [-0.2, -0.15) is 0 Å². The van der Waals surface area contributed by atoms with Crippen LogP contribution in [0.5, 0.6) is 11.5 Å². The van der Waals surface area contributed by atoms with Crippen LogP contribution in [-0.4, -0.2) is 31.1 Å². The number of aldehydes is 1. The lowest BCUT2D eigenvalue weighted by Crippen LogP contribution is -2.01. The molecule has 0 amide bonds. The monoisotopic (exact) mass is 264 g/mol. The predicted molar refractivity (Wildman–Crippen MR) is 70.3 cm³/mol. The molecule has 0 heterocycles. The molecule has 0 saturated heterocycles. The third kappa shape index (κ3) is 3.84. The minimum absolute atomic E-state index is 0.0722. The molecule has 0 atom stereocenters. The largest absolute Gasteiger partial charge is 0.504 e. The normalized spacial score (nSPS) is 10.4. The number of carbonyl (C=O) groups excluding carboxylic acids is 2. The highest BCUT2D eigenvalue weighted by Crippen LogP contribution is 2.32. The van der Waals surface area contributed by atoms with Crippen LogP contribution in [0.1, 0.15) is 29.3 Å². The number of phenols is 1. The van der Waals surface area contributed by atoms with Crippen LogP contribution in [0.4, 0.5) is 0 Å². The molecule has 1 aromatic rings. The van der Waals surface area contributed by atoms with Crippen LogP contribution in [0.25, 0.3) is 6.08 Å². The van der Waals surface area contributed by atoms with E-state index in [1.165, 1.54) is 31.4 Å². The number of methoxy groups -OCH3 is 1. The number of rotatable bonds is 6. The van der Waals surface area contributed by atoms with Crippen molar-refractivity contribution >= 4 is 18.3 Å². The Bertz CT molecular complexity index is 491. The van der Waals surface area contributed by atoms with Gasteiger partial charge >= 0.3 is 5.97 Å². The van der Waals surface area contributed by atoms with Gasteiger partial charge in [0.25, 0.3) is 0 Å². The lowest BCUT2D eigenvalue weighted by molar-refractivity contribution is -0.142. The van der Waals surface area contributed by atoms with Crippen molar-refractivity contribution in [3.05, 3.63) is 29.3 Å². The van der Waals surface area contributed by atoms with Crippen molar-refractivity contribution in [2.75, 3.05) is 13.7 Å². The molecule has 5 nitrogen and oxygen atoms in total. The first-order valence-electron chi connectivity index (χ1n) is 5.81. The second-order valence-corrected chi connectivity index (χ2v) is 3.65. The Morgan fingerprint density at radius 3 is 2.74 bits per heavy atom. The van der Waals surface area contributed by atoms with Crippen molar-refractivity contribution in [1.29, 1.82) is 0 Å². The van der Waals surface area contributed by atoms with Crippen molar-refractivity contribution in [3.63, 3.8) is 0 Å². The van der Waals surface area contributed by atoms with Crippen molar-refractivity contribution in [2.45, 2.75) is 13.3 Å². The van der Waals surface area contributed by atoms with Gasteiger partial charge in [0.05, 0.1) is 20.1 Å². The first kappa shape index (κ1) is 14.8. The second kappa shape index (κ2) is 7.20. The molecular weight excluding hydrogens is 248 g/mol. The molecule has 5 heteroatoms. The van der Waals surface area contributed by atoms with Crippen LogP contribution in [0.2, 0.25) is 0 Å². The zero-order valence-corrected chi connectivity index (χ0v) is 10.9. The Morgan fingerprint density at radius 2 is 2.16 bits per heavy atom. The van der Waals surface area contributed by atoms with Crippen LogP contribution in [0.3, 0.4) is 0 Å². The van der Waals surface area contributed by atoms with Gasteiger partial charge in [0, 0.05) is 11.1 Å². The van der Waals surface area contributed by atoms with Crippen LogP contribution in [-0.2, 0) is 9.53 Å². The smallest absolute Gasteiger partial charge is 0.309 e. The molecule has 0 bridgehead atoms. The van der Waals surface area contributed by atoms with Crippen LogP contribution in [0.15, 0.2) is 18.2 Å². The van der Waals surface area contributed by atoms with Crippen molar-refractivity contribution < 1.29 is 24.2 Å². The van der Waals surface area contributed by atoms with E-state index in [0.717, 1.165) is 0 Å². The van der Waals surface area contributed by atoms with Gasteiger partial charge < -0.3 is 14.6 Å². The molecule has 0 aliphatic carbocycles. The standard InChI is InChI=1S/C14H16O5/c1-3-19-13(16)6-4-5-11-10(9-15)7-8-12(18-2)14(11)17/h4-5,7-9,17H,3,6H2,1-2H3. The third-order valence-electron chi connectivity index (χ3n) is 2.44. The van der Waals surface area contributed by atoms with Crippen LogP contribution >= 0.6 is 0 Å². The van der Waals surface area contributed by atoms with E-state index >= 15 is 0 Å². The molecule has 0 unspecified atom stereocenters. The van der Waals surface area contributed by atoms with E-state index < -0.39 is 0 Å². The first-order valence-corrected chi connectivity index (χ1v) is 5.81. The molecule has 0 aliphatic heterocycles. The SMILES string of the molecule is CCOC(=O)CC=Cc1c(C=O)ccc(OC)c1O. The van der Waals surface area contributed by atoms with Gasteiger partial charge in [0.15, 0.2) is 17.8 Å². The molecule has 0 saturated carbocycles. The maximum Gasteiger partial charge on any atom is 0.309 e. The van der Waals surface area contributed by atoms with E-state index in [2.05, 4.69) is 0 Å². The number of hydrogen-bond donors (Lipinski definition) is 1. The summed E-state index contributed by atoms with van der Waals surface area (Å²) in [6.45, 7) is 2.04. The average Bonchev–Trinajstić information content (AvgIpc) is 2.40. The summed E-state index contributed by atoms with van der Waals surface area (Å²) < 4.78 is 9.72. The fourth-order valence-electron chi connectivity index (χ4n) is 1.54. The lowest BCUT2D eigenvalue weighted by Gasteiger charge is -2.08. The second-order valence-electron chi connectivity index (χ2n) is 3.65. The maximum atomic E-state index is 11.2. The Balaban J connectivity index is 2.95. The van der Waals surface area contributed by atoms with Gasteiger partial charge in [-0.15, -0.1) is 0 Å². The lowest BCUT2D eigenvalue weighted by atomic mass is 10.1. The van der Waals surface area contributed by atoms with E-state index in [0.29, 0.717) is 24.0 Å². The van der Waals surface area contributed by atoms with Gasteiger partial charge in [0.1, 0.15) is 0 Å². The van der Waals surface area contributed by atoms with Crippen molar-refractivity contribution in [1.82, 2.24) is 0 Å². The molecule has 102 valence electrons. The van der Waals surface area contributed by atoms with Crippen LogP contribution in [0, 0.1) is 0 Å². The Morgan fingerprint density at radius 1 is 1.42 bits per heavy atom. The number of hydrogen-bond acceptors (Lipinski definition) is 5. The van der Waals surface area contributed by atoms with Gasteiger partial charge in [-0.25, -0.2) is 0 Å². The van der Waals surface area contributed by atoms with E-state index in [1.807, 2.05) is 0 Å². The number of phenolic OH excluding ortho intramolecular Hbond substituents is 1. The maximum absolute atomic E-state index is 11.2. The van der Waals surface area contributed by atoms with E-state index in [-0.39, 0.29) is 23.9 Å². The minimum atomic E-state index is -0.367. The molecule has 19 heavy (non-hydrogen) atoms. The quantitative estimate of drug-likeness (QED) is 0.629. The molecule has 0 aromatic heterocycles. The van der Waals surface area contributed by atoms with Crippen LogP contribution < -0.4 is 4.74 Å². The van der Waals surface area contributed by atoms with Crippen molar-refractivity contribution in [3.8, 4) is 11.5 Å². The molecule has 0 fully saturated rings. The van der Waals surface area contributed by atoms with Gasteiger partial charge in [-0.1, -0.05) is 12.2 Å². The number of ether oxygens (including phenoxy) is 2. The van der Waals surface area contributed by atoms with E-state index in [9.17, 15) is 14.7 Å². The third-order valence-corrected chi connectivity index (χ3v) is 2.44. The molecule has 1 aromatic carbocycles. The Hall–Kier alpha value is -2.30. The molecule has 0 radical (unpaired) electrons. The summed E-state index contributed by atoms with van der Waals surface area (Å²) in [4.78, 5) is 22.1. The number of carbonyl (C=O) groups is 2. The highest BCUT2D eigenvalue weighted by Gasteiger charge is 2.10. The number of esters is 1. The summed E-state index contributed by atoms with van der Waals surface area (Å²) in [5.74, 6) is -0.234. The summed E-state index contributed by atoms with van der Waals surface area (Å²) in [6, 6.07) is 3.04.